The highest BCUT2D eigenvalue weighted by Gasteiger charge is 2.52. The summed E-state index contributed by atoms with van der Waals surface area (Å²) in [5.41, 5.74) is 1.19. The first kappa shape index (κ1) is 15.4. The zero-order valence-electron chi connectivity index (χ0n) is 14.2. The Labute approximate surface area is 132 Å². The molecule has 22 heavy (non-hydrogen) atoms. The highest BCUT2D eigenvalue weighted by molar-refractivity contribution is 6.63. The molecule has 0 radical (unpaired) electrons. The smallest absolute Gasteiger partial charge is 0.489 e. The van der Waals surface area contributed by atoms with E-state index in [1.54, 1.807) is 0 Å². The van der Waals surface area contributed by atoms with Crippen LogP contribution in [-0.2, 0) is 9.31 Å². The molecule has 1 aromatic heterocycles. The van der Waals surface area contributed by atoms with Gasteiger partial charge >= 0.3 is 7.12 Å². The lowest BCUT2D eigenvalue weighted by molar-refractivity contribution is 0.00578. The second-order valence-corrected chi connectivity index (χ2v) is 7.18. The Morgan fingerprint density at radius 3 is 2.27 bits per heavy atom. The SMILES string of the molecule is CC(C)Oc1c(B2OC(C)(C)C(C)(C)O2)ccc2cc[nH]c12. The van der Waals surface area contributed by atoms with Crippen LogP contribution < -0.4 is 10.2 Å². The number of fused-ring (bicyclic) bond motifs is 1. The minimum Gasteiger partial charge on any atom is -0.489 e. The summed E-state index contributed by atoms with van der Waals surface area (Å²) in [6, 6.07) is 6.14. The fourth-order valence-corrected chi connectivity index (χ4v) is 2.63. The van der Waals surface area contributed by atoms with Crippen LogP contribution in [0.2, 0.25) is 0 Å². The maximum atomic E-state index is 6.18. The third-order valence-corrected chi connectivity index (χ3v) is 4.57. The van der Waals surface area contributed by atoms with Crippen molar-refractivity contribution >= 4 is 23.5 Å². The Morgan fingerprint density at radius 2 is 1.68 bits per heavy atom. The summed E-state index contributed by atoms with van der Waals surface area (Å²) >= 11 is 0. The van der Waals surface area contributed by atoms with Gasteiger partial charge in [-0.15, -0.1) is 0 Å². The fourth-order valence-electron chi connectivity index (χ4n) is 2.63. The molecule has 1 aliphatic heterocycles. The molecule has 3 rings (SSSR count). The molecule has 0 amide bonds. The van der Waals surface area contributed by atoms with Crippen LogP contribution in [0.3, 0.4) is 0 Å². The molecule has 2 heterocycles. The van der Waals surface area contributed by atoms with Crippen molar-refractivity contribution in [1.82, 2.24) is 4.98 Å². The summed E-state index contributed by atoms with van der Waals surface area (Å²) in [4.78, 5) is 3.26. The van der Waals surface area contributed by atoms with Gasteiger partial charge < -0.3 is 19.0 Å². The average Bonchev–Trinajstić information content (AvgIpc) is 2.92. The molecule has 0 atom stereocenters. The zero-order chi connectivity index (χ0) is 16.1. The first-order chi connectivity index (χ1) is 10.2. The maximum Gasteiger partial charge on any atom is 0.498 e. The topological polar surface area (TPSA) is 43.5 Å². The summed E-state index contributed by atoms with van der Waals surface area (Å²) in [5, 5.41) is 1.12. The second-order valence-electron chi connectivity index (χ2n) is 7.18. The number of nitrogens with one attached hydrogen (secondary N) is 1. The molecule has 0 aliphatic carbocycles. The van der Waals surface area contributed by atoms with E-state index in [4.69, 9.17) is 14.0 Å². The number of aromatic nitrogens is 1. The van der Waals surface area contributed by atoms with Crippen LogP contribution in [0.15, 0.2) is 24.4 Å². The maximum absolute atomic E-state index is 6.18. The summed E-state index contributed by atoms with van der Waals surface area (Å²) in [6.07, 6.45) is 2.00. The lowest BCUT2D eigenvalue weighted by atomic mass is 9.78. The summed E-state index contributed by atoms with van der Waals surface area (Å²) < 4.78 is 18.4. The van der Waals surface area contributed by atoms with Crippen molar-refractivity contribution in [1.29, 1.82) is 0 Å². The average molecular weight is 301 g/mol. The van der Waals surface area contributed by atoms with E-state index in [1.165, 1.54) is 0 Å². The highest BCUT2D eigenvalue weighted by atomic mass is 16.7. The molecule has 0 bridgehead atoms. The van der Waals surface area contributed by atoms with Crippen LogP contribution in [0.1, 0.15) is 41.5 Å². The number of H-pyrrole nitrogens is 1. The Kier molecular flexibility index (Phi) is 3.53. The standard InChI is InChI=1S/C17H24BNO3/c1-11(2)20-15-13(8-7-12-9-10-19-14(12)15)18-21-16(3,4)17(5,6)22-18/h7-11,19H,1-6H3. The number of hydrogen-bond donors (Lipinski definition) is 1. The van der Waals surface area contributed by atoms with Gasteiger partial charge in [0.2, 0.25) is 0 Å². The van der Waals surface area contributed by atoms with Crippen LogP contribution >= 0.6 is 0 Å². The van der Waals surface area contributed by atoms with Crippen molar-refractivity contribution in [2.24, 2.45) is 0 Å². The zero-order valence-corrected chi connectivity index (χ0v) is 14.2. The van der Waals surface area contributed by atoms with Crippen molar-refractivity contribution in [3.8, 4) is 5.75 Å². The molecule has 1 aromatic carbocycles. The number of benzene rings is 1. The predicted molar refractivity (Wildman–Crippen MR) is 89.8 cm³/mol. The van der Waals surface area contributed by atoms with Gasteiger partial charge in [0, 0.05) is 17.0 Å². The van der Waals surface area contributed by atoms with E-state index in [-0.39, 0.29) is 17.3 Å². The summed E-state index contributed by atoms with van der Waals surface area (Å²) in [7, 11) is -0.425. The lowest BCUT2D eigenvalue weighted by Gasteiger charge is -2.32. The van der Waals surface area contributed by atoms with E-state index in [1.807, 2.05) is 32.2 Å². The number of rotatable bonds is 3. The van der Waals surface area contributed by atoms with Crippen LogP contribution in [0.4, 0.5) is 0 Å². The normalized spacial score (nSPS) is 20.0. The fraction of sp³-hybridized carbons (Fsp3) is 0.529. The van der Waals surface area contributed by atoms with Crippen LogP contribution in [0.5, 0.6) is 5.75 Å². The van der Waals surface area contributed by atoms with Crippen molar-refractivity contribution in [3.63, 3.8) is 0 Å². The van der Waals surface area contributed by atoms with Gasteiger partial charge in [0.05, 0.1) is 22.8 Å². The van der Waals surface area contributed by atoms with E-state index in [2.05, 4.69) is 38.7 Å². The van der Waals surface area contributed by atoms with Gasteiger partial charge in [-0.2, -0.15) is 0 Å². The van der Waals surface area contributed by atoms with Crippen molar-refractivity contribution in [3.05, 3.63) is 24.4 Å². The first-order valence-electron chi connectivity index (χ1n) is 7.83. The van der Waals surface area contributed by atoms with Crippen molar-refractivity contribution in [2.75, 3.05) is 0 Å². The molecule has 5 heteroatoms. The predicted octanol–water partition coefficient (Wildman–Crippen LogP) is 3.25. The molecule has 1 fully saturated rings. The van der Waals surface area contributed by atoms with E-state index in [0.29, 0.717) is 0 Å². The largest absolute Gasteiger partial charge is 0.498 e. The highest BCUT2D eigenvalue weighted by Crippen LogP contribution is 2.38. The van der Waals surface area contributed by atoms with Gasteiger partial charge in [-0.05, 0) is 47.6 Å². The molecule has 1 saturated heterocycles. The van der Waals surface area contributed by atoms with Gasteiger partial charge in [-0.3, -0.25) is 0 Å². The van der Waals surface area contributed by atoms with E-state index < -0.39 is 7.12 Å². The van der Waals surface area contributed by atoms with Gasteiger partial charge in [0.15, 0.2) is 0 Å². The molecular formula is C17H24BNO3. The number of hydrogen-bond acceptors (Lipinski definition) is 3. The van der Waals surface area contributed by atoms with Gasteiger partial charge in [-0.25, -0.2) is 0 Å². The van der Waals surface area contributed by atoms with Crippen LogP contribution in [0, 0.1) is 0 Å². The lowest BCUT2D eigenvalue weighted by Crippen LogP contribution is -2.41. The number of ether oxygens (including phenoxy) is 1. The first-order valence-corrected chi connectivity index (χ1v) is 7.83. The van der Waals surface area contributed by atoms with E-state index in [9.17, 15) is 0 Å². The van der Waals surface area contributed by atoms with Crippen LogP contribution in [-0.4, -0.2) is 29.4 Å². The summed E-state index contributed by atoms with van der Waals surface area (Å²) in [5.74, 6) is 0.816. The third-order valence-electron chi connectivity index (χ3n) is 4.57. The molecule has 0 saturated carbocycles. The third kappa shape index (κ3) is 2.42. The molecular weight excluding hydrogens is 277 g/mol. The molecule has 118 valence electrons. The minimum atomic E-state index is -0.425. The summed E-state index contributed by atoms with van der Waals surface area (Å²) in [6.45, 7) is 12.3. The van der Waals surface area contributed by atoms with Crippen molar-refractivity contribution < 1.29 is 14.0 Å². The Morgan fingerprint density at radius 1 is 1.05 bits per heavy atom. The van der Waals surface area contributed by atoms with Gasteiger partial charge in [0.1, 0.15) is 5.75 Å². The minimum absolute atomic E-state index is 0.0788. The number of aromatic amines is 1. The van der Waals surface area contributed by atoms with E-state index >= 15 is 0 Å². The van der Waals surface area contributed by atoms with Crippen molar-refractivity contribution in [2.45, 2.75) is 58.8 Å². The van der Waals surface area contributed by atoms with E-state index in [0.717, 1.165) is 22.1 Å². The Balaban J connectivity index is 2.07. The molecule has 0 spiro atoms. The van der Waals surface area contributed by atoms with Crippen LogP contribution in [0.25, 0.3) is 10.9 Å². The Bertz CT molecular complexity index is 674. The molecule has 0 unspecified atom stereocenters. The van der Waals surface area contributed by atoms with Gasteiger partial charge in [0.25, 0.3) is 0 Å². The molecule has 1 N–H and O–H groups in total. The quantitative estimate of drug-likeness (QED) is 0.885. The molecule has 4 nitrogen and oxygen atoms in total. The Hall–Kier alpha value is -1.46. The molecule has 1 aliphatic rings. The molecule has 2 aromatic rings. The second kappa shape index (κ2) is 5.03. The monoisotopic (exact) mass is 301 g/mol. The van der Waals surface area contributed by atoms with Gasteiger partial charge in [-0.1, -0.05) is 12.1 Å².